The predicted molar refractivity (Wildman–Crippen MR) is 157 cm³/mol. The molecule has 2 aromatic carbocycles. The Balaban J connectivity index is 1.51. The van der Waals surface area contributed by atoms with Gasteiger partial charge in [0.15, 0.2) is 0 Å². The average molecular weight is 676 g/mol. The number of amides is 5. The van der Waals surface area contributed by atoms with Crippen molar-refractivity contribution in [2.75, 3.05) is 38.7 Å². The molecule has 2 fully saturated rings. The number of carbonyl (C=O) groups excluding carboxylic acids is 3. The van der Waals surface area contributed by atoms with E-state index >= 15 is 0 Å². The first-order valence-corrected chi connectivity index (χ1v) is 15.0. The molecule has 5 amide bonds. The number of ether oxygens (including phenoxy) is 1. The standard InChI is InChI=1S/C31H36F7N5O4/c1-4-47-28(45)40-23-11-9-22(10-12-23)39-27(44)43-16-25(18-5-7-21(32)8-6-18)26(17-43)42(3)29(46)41(2)24-14-19(30(33,34)35)13-20(15-24)31(36,37)38/h5-8,13-15,22-23,25-26H,4,9-12,16-17H2,1-3H3,(H,39,44)(H,40,45)/t22-,23-,25-,26+/m0/s1. The number of alkyl carbamates (subject to hydrolysis) is 1. The van der Waals surface area contributed by atoms with Crippen molar-refractivity contribution in [3.8, 4) is 0 Å². The monoisotopic (exact) mass is 675 g/mol. The molecule has 1 heterocycles. The summed E-state index contributed by atoms with van der Waals surface area (Å²) in [5.41, 5.74) is -3.17. The fourth-order valence-electron chi connectivity index (χ4n) is 5.99. The maximum atomic E-state index is 13.7. The van der Waals surface area contributed by atoms with Crippen LogP contribution in [-0.4, -0.2) is 79.9 Å². The van der Waals surface area contributed by atoms with Crippen LogP contribution in [0.5, 0.6) is 0 Å². The minimum Gasteiger partial charge on any atom is -0.450 e. The fourth-order valence-corrected chi connectivity index (χ4v) is 5.99. The lowest BCUT2D eigenvalue weighted by molar-refractivity contribution is -0.143. The van der Waals surface area contributed by atoms with Gasteiger partial charge < -0.3 is 25.2 Å². The molecular weight excluding hydrogens is 639 g/mol. The van der Waals surface area contributed by atoms with Gasteiger partial charge in [0.1, 0.15) is 5.82 Å². The first-order chi connectivity index (χ1) is 22.0. The molecule has 0 radical (unpaired) electrons. The quantitative estimate of drug-likeness (QED) is 0.338. The molecule has 0 bridgehead atoms. The largest absolute Gasteiger partial charge is 0.450 e. The number of urea groups is 2. The van der Waals surface area contributed by atoms with Crippen molar-refractivity contribution < 1.29 is 49.9 Å². The van der Waals surface area contributed by atoms with Gasteiger partial charge in [0.05, 0.1) is 23.8 Å². The zero-order valence-corrected chi connectivity index (χ0v) is 25.9. The minimum atomic E-state index is -5.10. The molecular formula is C31H36F7N5O4. The molecule has 1 saturated heterocycles. The van der Waals surface area contributed by atoms with Crippen molar-refractivity contribution in [3.63, 3.8) is 0 Å². The molecule has 2 aromatic rings. The lowest BCUT2D eigenvalue weighted by atomic mass is 9.91. The Kier molecular flexibility index (Phi) is 10.8. The van der Waals surface area contributed by atoms with Crippen LogP contribution in [0.25, 0.3) is 0 Å². The molecule has 0 aromatic heterocycles. The van der Waals surface area contributed by atoms with Gasteiger partial charge in [0.2, 0.25) is 0 Å². The molecule has 1 aliphatic carbocycles. The highest BCUT2D eigenvalue weighted by Gasteiger charge is 2.42. The number of hydrogen-bond donors (Lipinski definition) is 2. The van der Waals surface area contributed by atoms with Gasteiger partial charge in [-0.2, -0.15) is 26.3 Å². The van der Waals surface area contributed by atoms with Crippen LogP contribution < -0.4 is 15.5 Å². The summed E-state index contributed by atoms with van der Waals surface area (Å²) in [6.45, 7) is 2.03. The molecule has 0 spiro atoms. The minimum absolute atomic E-state index is 0.0138. The van der Waals surface area contributed by atoms with Gasteiger partial charge in [-0.1, -0.05) is 12.1 Å². The van der Waals surface area contributed by atoms with Crippen molar-refractivity contribution >= 4 is 23.8 Å². The summed E-state index contributed by atoms with van der Waals surface area (Å²) in [7, 11) is 2.41. The van der Waals surface area contributed by atoms with Gasteiger partial charge in [0, 0.05) is 50.9 Å². The number of likely N-dealkylation sites (N-methyl/N-ethyl adjacent to an activating group) is 1. The second-order valence-corrected chi connectivity index (χ2v) is 11.7. The number of likely N-dealkylation sites (tertiary alicyclic amines) is 1. The Morgan fingerprint density at radius 3 is 1.89 bits per heavy atom. The molecule has 2 N–H and O–H groups in total. The van der Waals surface area contributed by atoms with E-state index in [0.29, 0.717) is 48.3 Å². The number of alkyl halides is 6. The Bertz CT molecular complexity index is 1400. The lowest BCUT2D eigenvalue weighted by Gasteiger charge is -2.33. The Hall–Kier alpha value is -4.24. The number of anilines is 1. The van der Waals surface area contributed by atoms with Gasteiger partial charge >= 0.3 is 30.5 Å². The van der Waals surface area contributed by atoms with E-state index in [1.807, 2.05) is 0 Å². The topological polar surface area (TPSA) is 94.2 Å². The lowest BCUT2D eigenvalue weighted by Crippen LogP contribution is -2.49. The maximum absolute atomic E-state index is 13.7. The zero-order chi connectivity index (χ0) is 34.7. The van der Waals surface area contributed by atoms with E-state index in [4.69, 9.17) is 4.74 Å². The van der Waals surface area contributed by atoms with Gasteiger partial charge in [0.25, 0.3) is 0 Å². The average Bonchev–Trinajstić information content (AvgIpc) is 3.46. The van der Waals surface area contributed by atoms with Crippen LogP contribution >= 0.6 is 0 Å². The van der Waals surface area contributed by atoms with E-state index < -0.39 is 65.1 Å². The number of nitrogens with one attached hydrogen (secondary N) is 2. The summed E-state index contributed by atoms with van der Waals surface area (Å²) in [5.74, 6) is -1.07. The summed E-state index contributed by atoms with van der Waals surface area (Å²) in [5, 5.41) is 5.76. The number of hydrogen-bond acceptors (Lipinski definition) is 4. The van der Waals surface area contributed by atoms with Crippen molar-refractivity contribution in [2.45, 2.75) is 69.0 Å². The molecule has 9 nitrogen and oxygen atoms in total. The molecule has 2 atom stereocenters. The van der Waals surface area contributed by atoms with Crippen LogP contribution in [-0.2, 0) is 17.1 Å². The predicted octanol–water partition coefficient (Wildman–Crippen LogP) is 6.59. The highest BCUT2D eigenvalue weighted by molar-refractivity contribution is 5.92. The van der Waals surface area contributed by atoms with Crippen LogP contribution in [0, 0.1) is 5.82 Å². The molecule has 1 saturated carbocycles. The normalized spacial score (nSPS) is 21.6. The van der Waals surface area contributed by atoms with Crippen molar-refractivity contribution in [1.82, 2.24) is 20.4 Å². The smallest absolute Gasteiger partial charge is 0.416 e. The van der Waals surface area contributed by atoms with Crippen LogP contribution in [0.1, 0.15) is 55.2 Å². The second kappa shape index (κ2) is 14.3. The van der Waals surface area contributed by atoms with E-state index in [0.717, 1.165) is 7.05 Å². The van der Waals surface area contributed by atoms with E-state index in [9.17, 15) is 45.1 Å². The first-order valence-electron chi connectivity index (χ1n) is 15.0. The SMILES string of the molecule is CCOC(=O)N[C@H]1CC[C@H](NC(=O)N2C[C@@H](N(C)C(=O)N(C)c3cc(C(F)(F)F)cc(C(F)(F)F)c3)[C@H](c3ccc(F)cc3)C2)CC1. The van der Waals surface area contributed by atoms with Gasteiger partial charge in [-0.15, -0.1) is 0 Å². The number of benzene rings is 2. The van der Waals surface area contributed by atoms with Crippen molar-refractivity contribution in [2.24, 2.45) is 0 Å². The maximum Gasteiger partial charge on any atom is 0.416 e. The third-order valence-electron chi connectivity index (χ3n) is 8.57. The van der Waals surface area contributed by atoms with E-state index in [-0.39, 0.29) is 37.8 Å². The molecule has 0 unspecified atom stereocenters. The second-order valence-electron chi connectivity index (χ2n) is 11.7. The van der Waals surface area contributed by atoms with E-state index in [1.165, 1.54) is 41.1 Å². The zero-order valence-electron chi connectivity index (χ0n) is 25.9. The van der Waals surface area contributed by atoms with Crippen molar-refractivity contribution in [3.05, 3.63) is 65.0 Å². The Morgan fingerprint density at radius 1 is 0.851 bits per heavy atom. The van der Waals surface area contributed by atoms with Crippen molar-refractivity contribution in [1.29, 1.82) is 0 Å². The third kappa shape index (κ3) is 8.77. The van der Waals surface area contributed by atoms with Gasteiger partial charge in [-0.05, 0) is 68.5 Å². The number of rotatable bonds is 6. The molecule has 4 rings (SSSR count). The summed E-state index contributed by atoms with van der Waals surface area (Å²) in [6, 6.07) is 3.93. The molecule has 2 aliphatic rings. The molecule has 1 aliphatic heterocycles. The van der Waals surface area contributed by atoms with Crippen LogP contribution in [0.2, 0.25) is 0 Å². The Labute approximate surface area is 267 Å². The number of nitrogens with zero attached hydrogens (tertiary/aromatic N) is 3. The number of carbonyl (C=O) groups is 3. The summed E-state index contributed by atoms with van der Waals surface area (Å²) >= 11 is 0. The van der Waals surface area contributed by atoms with E-state index in [2.05, 4.69) is 10.6 Å². The Morgan fingerprint density at radius 2 is 1.38 bits per heavy atom. The van der Waals surface area contributed by atoms with Gasteiger partial charge in [-0.25, -0.2) is 18.8 Å². The van der Waals surface area contributed by atoms with Crippen LogP contribution in [0.15, 0.2) is 42.5 Å². The van der Waals surface area contributed by atoms with E-state index in [1.54, 1.807) is 6.92 Å². The molecule has 258 valence electrons. The van der Waals surface area contributed by atoms with Crippen LogP contribution in [0.4, 0.5) is 50.8 Å². The highest BCUT2D eigenvalue weighted by atomic mass is 19.4. The summed E-state index contributed by atoms with van der Waals surface area (Å²) in [4.78, 5) is 42.0. The van der Waals surface area contributed by atoms with Gasteiger partial charge in [-0.3, -0.25) is 4.90 Å². The summed E-state index contributed by atoms with van der Waals surface area (Å²) in [6.07, 6.45) is -8.32. The van der Waals surface area contributed by atoms with Crippen LogP contribution in [0.3, 0.4) is 0 Å². The number of halogens is 7. The third-order valence-corrected chi connectivity index (χ3v) is 8.57. The molecule has 16 heteroatoms. The highest BCUT2D eigenvalue weighted by Crippen LogP contribution is 2.39. The fraction of sp³-hybridized carbons (Fsp3) is 0.516. The first kappa shape index (κ1) is 35.6. The molecule has 47 heavy (non-hydrogen) atoms. The summed E-state index contributed by atoms with van der Waals surface area (Å²) < 4.78 is 99.6.